The van der Waals surface area contributed by atoms with E-state index in [0.29, 0.717) is 0 Å². The second-order valence-electron chi connectivity index (χ2n) is 5.95. The van der Waals surface area contributed by atoms with Crippen LogP contribution < -0.4 is 5.32 Å². The third-order valence-electron chi connectivity index (χ3n) is 4.93. The highest BCUT2D eigenvalue weighted by molar-refractivity contribution is 7.11. The number of fused-ring (bicyclic) bond motifs is 1. The molecule has 0 saturated heterocycles. The molecule has 2 unspecified atom stereocenters. The SMILES string of the molecule is CCC1CCC(NC)(c2nc3c(s2)CCCC3)C1. The summed E-state index contributed by atoms with van der Waals surface area (Å²) in [5.74, 6) is 0.887. The minimum absolute atomic E-state index is 0.197. The lowest BCUT2D eigenvalue weighted by Crippen LogP contribution is -2.37. The Labute approximate surface area is 114 Å². The molecular weight excluding hydrogens is 240 g/mol. The number of aromatic nitrogens is 1. The van der Waals surface area contributed by atoms with Gasteiger partial charge in [-0.3, -0.25) is 0 Å². The van der Waals surface area contributed by atoms with Gasteiger partial charge in [-0.1, -0.05) is 13.3 Å². The standard InChI is InChI=1S/C15H24N2S/c1-3-11-8-9-15(10-11,16-2)14-17-12-6-4-5-7-13(12)18-14/h11,16H,3-10H2,1-2H3. The van der Waals surface area contributed by atoms with Crippen molar-refractivity contribution in [1.82, 2.24) is 10.3 Å². The molecule has 3 heteroatoms. The molecule has 2 aliphatic rings. The number of nitrogens with zero attached hydrogens (tertiary/aromatic N) is 1. The maximum atomic E-state index is 5.00. The van der Waals surface area contributed by atoms with Crippen LogP contribution in [0.2, 0.25) is 0 Å². The average molecular weight is 264 g/mol. The van der Waals surface area contributed by atoms with E-state index in [1.54, 1.807) is 4.88 Å². The first-order chi connectivity index (χ1) is 8.77. The van der Waals surface area contributed by atoms with E-state index in [4.69, 9.17) is 4.98 Å². The Morgan fingerprint density at radius 1 is 1.39 bits per heavy atom. The normalized spacial score (nSPS) is 31.6. The molecule has 0 aliphatic heterocycles. The summed E-state index contributed by atoms with van der Waals surface area (Å²) in [6.07, 6.45) is 10.4. The van der Waals surface area contributed by atoms with E-state index in [1.807, 2.05) is 11.3 Å². The fourth-order valence-corrected chi connectivity index (χ4v) is 4.96. The van der Waals surface area contributed by atoms with Crippen molar-refractivity contribution in [1.29, 1.82) is 0 Å². The van der Waals surface area contributed by atoms with Crippen molar-refractivity contribution in [3.05, 3.63) is 15.6 Å². The van der Waals surface area contributed by atoms with Crippen molar-refractivity contribution in [2.75, 3.05) is 7.05 Å². The van der Waals surface area contributed by atoms with Crippen LogP contribution in [0, 0.1) is 5.92 Å². The minimum Gasteiger partial charge on any atom is -0.308 e. The molecule has 1 aromatic rings. The highest BCUT2D eigenvalue weighted by Gasteiger charge is 2.41. The first-order valence-electron chi connectivity index (χ1n) is 7.45. The molecule has 2 aliphatic carbocycles. The van der Waals surface area contributed by atoms with Crippen LogP contribution in [0.5, 0.6) is 0 Å². The van der Waals surface area contributed by atoms with Gasteiger partial charge in [-0.2, -0.15) is 0 Å². The lowest BCUT2D eigenvalue weighted by atomic mass is 9.95. The number of nitrogens with one attached hydrogen (secondary N) is 1. The Kier molecular flexibility index (Phi) is 3.46. The van der Waals surface area contributed by atoms with Crippen molar-refractivity contribution in [2.24, 2.45) is 5.92 Å². The summed E-state index contributed by atoms with van der Waals surface area (Å²) >= 11 is 1.99. The number of rotatable bonds is 3. The van der Waals surface area contributed by atoms with Crippen LogP contribution in [-0.2, 0) is 18.4 Å². The molecule has 1 saturated carbocycles. The zero-order valence-corrected chi connectivity index (χ0v) is 12.4. The third kappa shape index (κ3) is 2.01. The average Bonchev–Trinajstić information content (AvgIpc) is 3.03. The van der Waals surface area contributed by atoms with Gasteiger partial charge in [0.15, 0.2) is 0 Å². The van der Waals surface area contributed by atoms with Gasteiger partial charge < -0.3 is 5.32 Å². The number of hydrogen-bond acceptors (Lipinski definition) is 3. The quantitative estimate of drug-likeness (QED) is 0.901. The van der Waals surface area contributed by atoms with E-state index in [0.717, 1.165) is 5.92 Å². The Hall–Kier alpha value is -0.410. The molecular formula is C15H24N2S. The van der Waals surface area contributed by atoms with Gasteiger partial charge in [-0.15, -0.1) is 11.3 Å². The van der Waals surface area contributed by atoms with Gasteiger partial charge in [0.25, 0.3) is 0 Å². The van der Waals surface area contributed by atoms with Gasteiger partial charge in [-0.05, 0) is 57.9 Å². The van der Waals surface area contributed by atoms with Crippen LogP contribution in [0.1, 0.15) is 61.0 Å². The van der Waals surface area contributed by atoms with Gasteiger partial charge in [0.05, 0.1) is 11.2 Å². The lowest BCUT2D eigenvalue weighted by Gasteiger charge is -2.26. The molecule has 1 heterocycles. The highest BCUT2D eigenvalue weighted by atomic mass is 32.1. The summed E-state index contributed by atoms with van der Waals surface area (Å²) in [5, 5.41) is 5.00. The molecule has 0 spiro atoms. The molecule has 2 nitrogen and oxygen atoms in total. The molecule has 2 atom stereocenters. The van der Waals surface area contributed by atoms with E-state index in [1.165, 1.54) is 62.1 Å². The second-order valence-corrected chi connectivity index (χ2v) is 7.03. The van der Waals surface area contributed by atoms with Gasteiger partial charge in [-0.25, -0.2) is 4.98 Å². The molecule has 3 rings (SSSR count). The van der Waals surface area contributed by atoms with Crippen LogP contribution in [-0.4, -0.2) is 12.0 Å². The first kappa shape index (κ1) is 12.6. The van der Waals surface area contributed by atoms with Crippen LogP contribution in [0.15, 0.2) is 0 Å². The summed E-state index contributed by atoms with van der Waals surface area (Å²) in [6, 6.07) is 0. The van der Waals surface area contributed by atoms with Crippen LogP contribution in [0.3, 0.4) is 0 Å². The summed E-state index contributed by atoms with van der Waals surface area (Å²) < 4.78 is 0. The Morgan fingerprint density at radius 3 is 2.89 bits per heavy atom. The van der Waals surface area contributed by atoms with Crippen molar-refractivity contribution >= 4 is 11.3 Å². The predicted molar refractivity (Wildman–Crippen MR) is 77.1 cm³/mol. The van der Waals surface area contributed by atoms with E-state index >= 15 is 0 Å². The number of thiazole rings is 1. The zero-order chi connectivity index (χ0) is 12.6. The van der Waals surface area contributed by atoms with Crippen LogP contribution in [0.4, 0.5) is 0 Å². The largest absolute Gasteiger partial charge is 0.308 e. The fraction of sp³-hybridized carbons (Fsp3) is 0.800. The van der Waals surface area contributed by atoms with E-state index in [2.05, 4.69) is 19.3 Å². The van der Waals surface area contributed by atoms with Gasteiger partial charge >= 0.3 is 0 Å². The van der Waals surface area contributed by atoms with Crippen LogP contribution >= 0.6 is 11.3 Å². The molecule has 1 fully saturated rings. The Morgan fingerprint density at radius 2 is 2.22 bits per heavy atom. The number of aryl methyl sites for hydroxylation is 2. The van der Waals surface area contributed by atoms with Crippen molar-refractivity contribution < 1.29 is 0 Å². The molecule has 0 bridgehead atoms. The van der Waals surface area contributed by atoms with Crippen molar-refractivity contribution in [2.45, 2.75) is 63.8 Å². The smallest absolute Gasteiger partial charge is 0.113 e. The maximum absolute atomic E-state index is 5.00. The molecule has 0 aromatic carbocycles. The monoisotopic (exact) mass is 264 g/mol. The zero-order valence-electron chi connectivity index (χ0n) is 11.6. The number of hydrogen-bond donors (Lipinski definition) is 1. The van der Waals surface area contributed by atoms with Crippen molar-refractivity contribution in [3.8, 4) is 0 Å². The molecule has 1 N–H and O–H groups in total. The van der Waals surface area contributed by atoms with E-state index < -0.39 is 0 Å². The lowest BCUT2D eigenvalue weighted by molar-refractivity contribution is 0.350. The molecule has 18 heavy (non-hydrogen) atoms. The Balaban J connectivity index is 1.90. The summed E-state index contributed by atoms with van der Waals surface area (Å²) in [4.78, 5) is 6.58. The molecule has 0 amide bonds. The predicted octanol–water partition coefficient (Wildman–Crippen LogP) is 3.65. The topological polar surface area (TPSA) is 24.9 Å². The van der Waals surface area contributed by atoms with Crippen molar-refractivity contribution in [3.63, 3.8) is 0 Å². The summed E-state index contributed by atoms with van der Waals surface area (Å²) in [6.45, 7) is 2.32. The molecule has 100 valence electrons. The summed E-state index contributed by atoms with van der Waals surface area (Å²) in [7, 11) is 2.12. The molecule has 1 aromatic heterocycles. The highest BCUT2D eigenvalue weighted by Crippen LogP contribution is 2.45. The maximum Gasteiger partial charge on any atom is 0.113 e. The summed E-state index contributed by atoms with van der Waals surface area (Å²) in [5.41, 5.74) is 1.61. The van der Waals surface area contributed by atoms with Gasteiger partial charge in [0.1, 0.15) is 5.01 Å². The van der Waals surface area contributed by atoms with Crippen LogP contribution in [0.25, 0.3) is 0 Å². The van der Waals surface area contributed by atoms with Gasteiger partial charge in [0.2, 0.25) is 0 Å². The van der Waals surface area contributed by atoms with E-state index in [9.17, 15) is 0 Å². The first-order valence-corrected chi connectivity index (χ1v) is 8.27. The van der Waals surface area contributed by atoms with Gasteiger partial charge in [0, 0.05) is 4.88 Å². The fourth-order valence-electron chi connectivity index (χ4n) is 3.58. The second kappa shape index (κ2) is 4.93. The molecule has 0 radical (unpaired) electrons. The van der Waals surface area contributed by atoms with E-state index in [-0.39, 0.29) is 5.54 Å². The Bertz CT molecular complexity index is 403. The third-order valence-corrected chi connectivity index (χ3v) is 6.29. The minimum atomic E-state index is 0.197.